The highest BCUT2D eigenvalue weighted by Crippen LogP contribution is 2.26. The Hall–Kier alpha value is -1.06. The van der Waals surface area contributed by atoms with Crippen molar-refractivity contribution in [3.05, 3.63) is 29.8 Å². The van der Waals surface area contributed by atoms with E-state index in [-0.39, 0.29) is 6.61 Å². The number of aliphatic hydroxyl groups is 1. The summed E-state index contributed by atoms with van der Waals surface area (Å²) >= 11 is 0. The number of likely N-dealkylation sites (N-methyl/N-ethyl adjacent to an activating group) is 1. The summed E-state index contributed by atoms with van der Waals surface area (Å²) in [6.45, 7) is 6.83. The topological polar surface area (TPSA) is 26.7 Å². The van der Waals surface area contributed by atoms with Gasteiger partial charge in [-0.1, -0.05) is 17.7 Å². The summed E-state index contributed by atoms with van der Waals surface area (Å²) in [7, 11) is 2.18. The van der Waals surface area contributed by atoms with Gasteiger partial charge in [0.1, 0.15) is 0 Å². The number of hydrogen-bond acceptors (Lipinski definition) is 3. The predicted octanol–water partition coefficient (Wildman–Crippen LogP) is 2.28. The van der Waals surface area contributed by atoms with Crippen LogP contribution < -0.4 is 4.90 Å². The van der Waals surface area contributed by atoms with Gasteiger partial charge in [-0.3, -0.25) is 0 Å². The zero-order valence-corrected chi connectivity index (χ0v) is 12.3. The van der Waals surface area contributed by atoms with E-state index in [1.807, 2.05) is 0 Å². The maximum atomic E-state index is 9.35. The van der Waals surface area contributed by atoms with Gasteiger partial charge in [-0.25, -0.2) is 0 Å². The second kappa shape index (κ2) is 6.40. The van der Waals surface area contributed by atoms with E-state index in [9.17, 15) is 5.11 Å². The van der Waals surface area contributed by atoms with Crippen LogP contribution in [0.2, 0.25) is 0 Å². The van der Waals surface area contributed by atoms with Crippen molar-refractivity contribution in [3.8, 4) is 0 Å². The summed E-state index contributed by atoms with van der Waals surface area (Å²) in [4.78, 5) is 4.88. The van der Waals surface area contributed by atoms with Crippen LogP contribution in [0.5, 0.6) is 0 Å². The molecule has 3 nitrogen and oxygen atoms in total. The monoisotopic (exact) mass is 262 g/mol. The van der Waals surface area contributed by atoms with E-state index in [1.54, 1.807) is 0 Å². The maximum absolute atomic E-state index is 9.35. The summed E-state index contributed by atoms with van der Waals surface area (Å²) in [5.41, 5.74) is 2.58. The van der Waals surface area contributed by atoms with E-state index >= 15 is 0 Å². The molecule has 1 N–H and O–H groups in total. The van der Waals surface area contributed by atoms with Gasteiger partial charge < -0.3 is 14.9 Å². The van der Waals surface area contributed by atoms with Gasteiger partial charge in [0, 0.05) is 30.9 Å². The molecule has 1 aromatic rings. The molecule has 1 aliphatic heterocycles. The van der Waals surface area contributed by atoms with Gasteiger partial charge in [0.25, 0.3) is 0 Å². The quantitative estimate of drug-likeness (QED) is 0.905. The molecule has 2 rings (SSSR count). The lowest BCUT2D eigenvalue weighted by Crippen LogP contribution is -2.44. The minimum atomic E-state index is 0.258. The lowest BCUT2D eigenvalue weighted by Gasteiger charge is -2.37. The summed E-state index contributed by atoms with van der Waals surface area (Å²) in [6.07, 6.45) is 2.01. The highest BCUT2D eigenvalue weighted by molar-refractivity contribution is 5.49. The Labute approximate surface area is 116 Å². The van der Waals surface area contributed by atoms with Gasteiger partial charge in [-0.2, -0.15) is 0 Å². The first-order valence-electron chi connectivity index (χ1n) is 7.26. The molecule has 0 amide bonds. The summed E-state index contributed by atoms with van der Waals surface area (Å²) in [6, 6.07) is 9.68. The van der Waals surface area contributed by atoms with Crippen LogP contribution in [0.3, 0.4) is 0 Å². The minimum absolute atomic E-state index is 0.258. The van der Waals surface area contributed by atoms with E-state index in [4.69, 9.17) is 0 Å². The average Bonchev–Trinajstić information content (AvgIpc) is 2.51. The Morgan fingerprint density at radius 3 is 2.58 bits per heavy atom. The fraction of sp³-hybridized carbons (Fsp3) is 0.625. The highest BCUT2D eigenvalue weighted by atomic mass is 16.3. The molecule has 3 heteroatoms. The van der Waals surface area contributed by atoms with Crippen molar-refractivity contribution in [3.63, 3.8) is 0 Å². The fourth-order valence-electron chi connectivity index (χ4n) is 3.01. The number of aliphatic hydroxyl groups excluding tert-OH is 1. The standard InChI is InChI=1S/C16H26N2O/c1-13-4-6-15(7-5-13)18-14(2)8-10-17(3)12-16(18)9-11-19/h4-7,14,16,19H,8-12H2,1-3H3. The molecular weight excluding hydrogens is 236 g/mol. The third kappa shape index (κ3) is 3.48. The zero-order valence-electron chi connectivity index (χ0n) is 12.3. The third-order valence-electron chi connectivity index (χ3n) is 4.11. The second-order valence-electron chi connectivity index (χ2n) is 5.81. The van der Waals surface area contributed by atoms with Crippen molar-refractivity contribution in [2.24, 2.45) is 0 Å². The number of benzene rings is 1. The van der Waals surface area contributed by atoms with Crippen molar-refractivity contribution in [1.29, 1.82) is 0 Å². The maximum Gasteiger partial charge on any atom is 0.0451 e. The average molecular weight is 262 g/mol. The van der Waals surface area contributed by atoms with E-state index in [0.717, 1.165) is 19.5 Å². The van der Waals surface area contributed by atoms with Crippen molar-refractivity contribution in [2.45, 2.75) is 38.8 Å². The number of rotatable bonds is 3. The molecule has 0 aliphatic carbocycles. The zero-order chi connectivity index (χ0) is 13.8. The minimum Gasteiger partial charge on any atom is -0.396 e. The van der Waals surface area contributed by atoms with Gasteiger partial charge in [0.2, 0.25) is 0 Å². The van der Waals surface area contributed by atoms with E-state index in [2.05, 4.69) is 55.0 Å². The van der Waals surface area contributed by atoms with Gasteiger partial charge in [-0.05, 0) is 52.4 Å². The SMILES string of the molecule is Cc1ccc(N2C(C)CCN(C)CC2CCO)cc1. The first-order chi connectivity index (χ1) is 9.11. The number of anilines is 1. The Balaban J connectivity index is 2.27. The predicted molar refractivity (Wildman–Crippen MR) is 80.7 cm³/mol. The van der Waals surface area contributed by atoms with Crippen LogP contribution >= 0.6 is 0 Å². The number of nitrogens with zero attached hydrogens (tertiary/aromatic N) is 2. The van der Waals surface area contributed by atoms with Crippen molar-refractivity contribution >= 4 is 5.69 Å². The van der Waals surface area contributed by atoms with Crippen LogP contribution in [0.15, 0.2) is 24.3 Å². The van der Waals surface area contributed by atoms with E-state index in [0.29, 0.717) is 12.1 Å². The molecule has 0 aromatic heterocycles. The summed E-state index contributed by atoms with van der Waals surface area (Å²) in [5, 5.41) is 9.35. The largest absolute Gasteiger partial charge is 0.396 e. The van der Waals surface area contributed by atoms with E-state index < -0.39 is 0 Å². The van der Waals surface area contributed by atoms with E-state index in [1.165, 1.54) is 17.7 Å². The molecule has 1 saturated heterocycles. The number of hydrogen-bond donors (Lipinski definition) is 1. The molecule has 0 radical (unpaired) electrons. The van der Waals surface area contributed by atoms with Gasteiger partial charge in [0.15, 0.2) is 0 Å². The van der Waals surface area contributed by atoms with Crippen LogP contribution in [0.25, 0.3) is 0 Å². The van der Waals surface area contributed by atoms with Crippen LogP contribution in [0.4, 0.5) is 5.69 Å². The van der Waals surface area contributed by atoms with Crippen molar-refractivity contribution < 1.29 is 5.11 Å². The number of aryl methyl sites for hydroxylation is 1. The molecule has 2 atom stereocenters. The Morgan fingerprint density at radius 1 is 1.26 bits per heavy atom. The van der Waals surface area contributed by atoms with Crippen LogP contribution in [-0.2, 0) is 0 Å². The van der Waals surface area contributed by atoms with Crippen LogP contribution in [-0.4, -0.2) is 48.8 Å². The van der Waals surface area contributed by atoms with Gasteiger partial charge in [0.05, 0.1) is 0 Å². The molecule has 106 valence electrons. The molecule has 19 heavy (non-hydrogen) atoms. The smallest absolute Gasteiger partial charge is 0.0451 e. The Bertz CT molecular complexity index is 390. The molecule has 0 bridgehead atoms. The fourth-order valence-corrected chi connectivity index (χ4v) is 3.01. The lowest BCUT2D eigenvalue weighted by atomic mass is 10.1. The normalized spacial score (nSPS) is 25.4. The van der Waals surface area contributed by atoms with Crippen LogP contribution in [0.1, 0.15) is 25.3 Å². The summed E-state index contributed by atoms with van der Waals surface area (Å²) in [5.74, 6) is 0. The molecule has 0 spiro atoms. The molecule has 1 aromatic carbocycles. The van der Waals surface area contributed by atoms with Gasteiger partial charge in [-0.15, -0.1) is 0 Å². The molecule has 1 heterocycles. The highest BCUT2D eigenvalue weighted by Gasteiger charge is 2.27. The lowest BCUT2D eigenvalue weighted by molar-refractivity contribution is 0.252. The Morgan fingerprint density at radius 2 is 1.95 bits per heavy atom. The Kier molecular flexibility index (Phi) is 4.83. The molecule has 1 aliphatic rings. The molecule has 0 saturated carbocycles. The molecular formula is C16H26N2O. The van der Waals surface area contributed by atoms with Crippen molar-refractivity contribution in [1.82, 2.24) is 4.90 Å². The van der Waals surface area contributed by atoms with Crippen molar-refractivity contribution in [2.75, 3.05) is 31.6 Å². The van der Waals surface area contributed by atoms with Crippen LogP contribution in [0, 0.1) is 6.92 Å². The first-order valence-corrected chi connectivity index (χ1v) is 7.26. The molecule has 1 fully saturated rings. The summed E-state index contributed by atoms with van der Waals surface area (Å²) < 4.78 is 0. The third-order valence-corrected chi connectivity index (χ3v) is 4.11. The molecule has 2 unspecified atom stereocenters. The first kappa shape index (κ1) is 14.4. The second-order valence-corrected chi connectivity index (χ2v) is 5.81. The van der Waals surface area contributed by atoms with Gasteiger partial charge >= 0.3 is 0 Å².